The second-order valence-corrected chi connectivity index (χ2v) is 7.90. The molecular weight excluding hydrogens is 450 g/mol. The summed E-state index contributed by atoms with van der Waals surface area (Å²) in [6, 6.07) is 20.1. The van der Waals surface area contributed by atoms with Gasteiger partial charge in [-0.1, -0.05) is 30.0 Å². The van der Waals surface area contributed by atoms with Crippen molar-refractivity contribution in [1.29, 1.82) is 0 Å². The highest BCUT2D eigenvalue weighted by Gasteiger charge is 2.08. The van der Waals surface area contributed by atoms with Gasteiger partial charge in [0.05, 0.1) is 0 Å². The lowest BCUT2D eigenvalue weighted by Crippen LogP contribution is -2.30. The second kappa shape index (κ2) is 12.0. The largest absolute Gasteiger partial charge is 0.355 e. The van der Waals surface area contributed by atoms with Gasteiger partial charge in [-0.2, -0.15) is 0 Å². The Kier molecular flexibility index (Phi) is 8.03. The van der Waals surface area contributed by atoms with Crippen LogP contribution in [0, 0.1) is 11.8 Å². The van der Waals surface area contributed by atoms with E-state index in [4.69, 9.17) is 0 Å². The normalized spacial score (nSPS) is 10.0. The molecule has 0 atom stereocenters. The van der Waals surface area contributed by atoms with Crippen LogP contribution >= 0.6 is 0 Å². The van der Waals surface area contributed by atoms with Crippen LogP contribution in [0.3, 0.4) is 0 Å². The monoisotopic (exact) mass is 475 g/mol. The van der Waals surface area contributed by atoms with E-state index in [1.54, 1.807) is 50.0 Å². The highest BCUT2D eigenvalue weighted by atomic mass is 16.2. The zero-order chi connectivity index (χ0) is 25.2. The van der Waals surface area contributed by atoms with Crippen LogP contribution in [-0.2, 0) is 6.42 Å². The number of nitrogens with one attached hydrogen (secondary N) is 3. The smallest absolute Gasteiger partial charge is 0.319 e. The molecule has 0 saturated heterocycles. The van der Waals surface area contributed by atoms with Gasteiger partial charge in [0.1, 0.15) is 0 Å². The van der Waals surface area contributed by atoms with Gasteiger partial charge in [-0.25, -0.2) is 4.79 Å². The molecule has 4 rings (SSSR count). The number of anilines is 1. The van der Waals surface area contributed by atoms with Crippen molar-refractivity contribution in [2.75, 3.05) is 18.9 Å². The molecule has 2 heterocycles. The third kappa shape index (κ3) is 6.55. The van der Waals surface area contributed by atoms with Crippen LogP contribution in [0.25, 0.3) is 11.1 Å². The number of amides is 3. The molecule has 0 bridgehead atoms. The van der Waals surface area contributed by atoms with E-state index in [-0.39, 0.29) is 11.9 Å². The van der Waals surface area contributed by atoms with E-state index < -0.39 is 0 Å². The Morgan fingerprint density at radius 2 is 1.75 bits per heavy atom. The minimum absolute atomic E-state index is 0.170. The number of nitrogens with zero attached hydrogens (tertiary/aromatic N) is 2. The number of hydrogen-bond acceptors (Lipinski definition) is 4. The van der Waals surface area contributed by atoms with Crippen LogP contribution in [-0.4, -0.2) is 35.5 Å². The van der Waals surface area contributed by atoms with Gasteiger partial charge < -0.3 is 16.0 Å². The molecule has 4 aromatic rings. The van der Waals surface area contributed by atoms with Gasteiger partial charge in [0.2, 0.25) is 0 Å². The molecule has 36 heavy (non-hydrogen) atoms. The summed E-state index contributed by atoms with van der Waals surface area (Å²) >= 11 is 0. The molecule has 0 spiro atoms. The molecule has 2 aromatic carbocycles. The van der Waals surface area contributed by atoms with Crippen molar-refractivity contribution in [3.63, 3.8) is 0 Å². The Labute approximate surface area is 210 Å². The van der Waals surface area contributed by atoms with Crippen LogP contribution in [0.2, 0.25) is 0 Å². The van der Waals surface area contributed by atoms with E-state index in [0.29, 0.717) is 29.8 Å². The Balaban J connectivity index is 1.54. The fourth-order valence-corrected chi connectivity index (χ4v) is 3.57. The van der Waals surface area contributed by atoms with Crippen molar-refractivity contribution in [2.24, 2.45) is 0 Å². The molecule has 0 fully saturated rings. The third-order valence-electron chi connectivity index (χ3n) is 5.38. The molecule has 0 unspecified atom stereocenters. The van der Waals surface area contributed by atoms with Gasteiger partial charge in [-0.15, -0.1) is 0 Å². The first kappa shape index (κ1) is 24.2. The molecule has 0 aliphatic rings. The van der Waals surface area contributed by atoms with Crippen LogP contribution < -0.4 is 16.0 Å². The fourth-order valence-electron chi connectivity index (χ4n) is 3.57. The Morgan fingerprint density at radius 1 is 0.889 bits per heavy atom. The first-order valence-corrected chi connectivity index (χ1v) is 11.4. The SMILES string of the molecule is CNC(=O)c1cccc(C#Cc2cc(NC(=O)NCCc3cccnc3)ccc2-c2ccncc2)c1. The first-order valence-electron chi connectivity index (χ1n) is 11.4. The molecule has 0 radical (unpaired) electrons. The van der Waals surface area contributed by atoms with Gasteiger partial charge >= 0.3 is 6.03 Å². The standard InChI is InChI=1S/C29H25N5O2/c1-30-28(35)25-6-2-4-21(18-25)7-8-24-19-26(9-10-27(24)23-12-15-31-16-13-23)34-29(36)33-17-11-22-5-3-14-32-20-22/h2-6,9-10,12-16,18-20H,11,17H2,1H3,(H,30,35)(H2,33,34,36). The number of carbonyl (C=O) groups is 2. The molecule has 0 saturated carbocycles. The maximum Gasteiger partial charge on any atom is 0.319 e. The zero-order valence-corrected chi connectivity index (χ0v) is 19.8. The predicted octanol–water partition coefficient (Wildman–Crippen LogP) is 4.27. The average molecular weight is 476 g/mol. The van der Waals surface area contributed by atoms with E-state index in [1.165, 1.54) is 0 Å². The topological polar surface area (TPSA) is 96.0 Å². The summed E-state index contributed by atoms with van der Waals surface area (Å²) in [5.41, 5.74) is 5.53. The van der Waals surface area contributed by atoms with Gasteiger partial charge in [0, 0.05) is 60.8 Å². The predicted molar refractivity (Wildman–Crippen MR) is 140 cm³/mol. The first-order chi connectivity index (χ1) is 17.6. The molecule has 3 amide bonds. The maximum absolute atomic E-state index is 12.5. The minimum Gasteiger partial charge on any atom is -0.355 e. The van der Waals surface area contributed by atoms with Gasteiger partial charge in [-0.05, 0) is 71.6 Å². The molecule has 7 nitrogen and oxygen atoms in total. The van der Waals surface area contributed by atoms with Crippen molar-refractivity contribution in [3.8, 4) is 23.0 Å². The molecule has 7 heteroatoms. The van der Waals surface area contributed by atoms with Gasteiger partial charge in [0.25, 0.3) is 5.91 Å². The number of benzene rings is 2. The van der Waals surface area contributed by atoms with Crippen molar-refractivity contribution in [1.82, 2.24) is 20.6 Å². The van der Waals surface area contributed by atoms with Crippen molar-refractivity contribution in [2.45, 2.75) is 6.42 Å². The average Bonchev–Trinajstić information content (AvgIpc) is 2.93. The number of rotatable bonds is 6. The van der Waals surface area contributed by atoms with Crippen LogP contribution in [0.5, 0.6) is 0 Å². The highest BCUT2D eigenvalue weighted by Crippen LogP contribution is 2.26. The molecule has 0 aliphatic heterocycles. The van der Waals surface area contributed by atoms with E-state index in [0.717, 1.165) is 22.3 Å². The lowest BCUT2D eigenvalue weighted by atomic mass is 9.99. The summed E-state index contributed by atoms with van der Waals surface area (Å²) in [4.78, 5) is 32.6. The summed E-state index contributed by atoms with van der Waals surface area (Å²) in [5, 5.41) is 8.36. The quantitative estimate of drug-likeness (QED) is 0.363. The van der Waals surface area contributed by atoms with Crippen molar-refractivity contribution in [3.05, 3.63) is 114 Å². The van der Waals surface area contributed by atoms with E-state index in [2.05, 4.69) is 37.8 Å². The van der Waals surface area contributed by atoms with Gasteiger partial charge in [0.15, 0.2) is 0 Å². The summed E-state index contributed by atoms with van der Waals surface area (Å²) < 4.78 is 0. The highest BCUT2D eigenvalue weighted by molar-refractivity contribution is 5.94. The summed E-state index contributed by atoms with van der Waals surface area (Å²) in [5.74, 6) is 6.18. The molecule has 2 aromatic heterocycles. The minimum atomic E-state index is -0.298. The van der Waals surface area contributed by atoms with E-state index in [1.807, 2.05) is 48.5 Å². The fraction of sp³-hybridized carbons (Fsp3) is 0.103. The van der Waals surface area contributed by atoms with Crippen LogP contribution in [0.1, 0.15) is 27.0 Å². The summed E-state index contributed by atoms with van der Waals surface area (Å²) in [6.45, 7) is 0.487. The number of urea groups is 1. The zero-order valence-electron chi connectivity index (χ0n) is 19.8. The van der Waals surface area contributed by atoms with Crippen LogP contribution in [0.15, 0.2) is 91.5 Å². The summed E-state index contributed by atoms with van der Waals surface area (Å²) in [6.07, 6.45) is 7.64. The van der Waals surface area contributed by atoms with Crippen molar-refractivity contribution >= 4 is 17.6 Å². The van der Waals surface area contributed by atoms with E-state index >= 15 is 0 Å². The number of aromatic nitrogens is 2. The van der Waals surface area contributed by atoms with E-state index in [9.17, 15) is 9.59 Å². The van der Waals surface area contributed by atoms with Crippen molar-refractivity contribution < 1.29 is 9.59 Å². The Hall–Kier alpha value is -4.96. The molecular formula is C29H25N5O2. The Morgan fingerprint density at radius 3 is 2.53 bits per heavy atom. The number of hydrogen-bond donors (Lipinski definition) is 3. The van der Waals surface area contributed by atoms with Gasteiger partial charge in [-0.3, -0.25) is 14.8 Å². The molecule has 3 N–H and O–H groups in total. The molecule has 0 aliphatic carbocycles. The summed E-state index contributed by atoms with van der Waals surface area (Å²) in [7, 11) is 1.59. The second-order valence-electron chi connectivity index (χ2n) is 7.90. The molecule has 178 valence electrons. The third-order valence-corrected chi connectivity index (χ3v) is 5.38. The number of pyridine rings is 2. The van der Waals surface area contributed by atoms with Crippen LogP contribution in [0.4, 0.5) is 10.5 Å². The maximum atomic E-state index is 12.5. The lowest BCUT2D eigenvalue weighted by Gasteiger charge is -2.11. The lowest BCUT2D eigenvalue weighted by molar-refractivity contribution is 0.0963. The Bertz CT molecular complexity index is 1410. The number of carbonyl (C=O) groups excluding carboxylic acids is 2.